The molecule has 0 aliphatic carbocycles. The smallest absolute Gasteiger partial charge is 0.126 e. The van der Waals surface area contributed by atoms with Crippen LogP contribution in [0.3, 0.4) is 0 Å². The zero-order valence-electron chi connectivity index (χ0n) is 7.21. The molecule has 0 amide bonds. The van der Waals surface area contributed by atoms with Crippen molar-refractivity contribution in [2.45, 2.75) is 0 Å². The molecule has 66 valence electrons. The summed E-state index contributed by atoms with van der Waals surface area (Å²) < 4.78 is 1.19. The molecule has 2 nitrogen and oxygen atoms in total. The number of para-hydroxylation sites is 1. The normalized spacial score (nSPS) is 10.3. The van der Waals surface area contributed by atoms with Gasteiger partial charge in [0.05, 0.1) is 5.52 Å². The van der Waals surface area contributed by atoms with Gasteiger partial charge < -0.3 is 5.32 Å². The molecule has 0 saturated carbocycles. The van der Waals surface area contributed by atoms with E-state index in [0.29, 0.717) is 0 Å². The minimum atomic E-state index is 0.914. The first-order chi connectivity index (χ1) is 6.31. The van der Waals surface area contributed by atoms with Gasteiger partial charge in [0.15, 0.2) is 0 Å². The minimum absolute atomic E-state index is 0.914. The third-order valence-electron chi connectivity index (χ3n) is 1.93. The number of halogens is 1. The molecular weight excluding hydrogens is 275 g/mol. The molecule has 13 heavy (non-hydrogen) atoms. The second-order valence-corrected chi connectivity index (χ2v) is 3.92. The molecule has 1 aromatic carbocycles. The van der Waals surface area contributed by atoms with Gasteiger partial charge in [-0.05, 0) is 40.8 Å². The van der Waals surface area contributed by atoms with Crippen molar-refractivity contribution in [3.8, 4) is 0 Å². The Morgan fingerprint density at radius 2 is 2.08 bits per heavy atom. The third kappa shape index (κ3) is 1.60. The first-order valence-electron chi connectivity index (χ1n) is 4.04. The number of hydrogen-bond donors (Lipinski definition) is 1. The van der Waals surface area contributed by atoms with E-state index < -0.39 is 0 Å². The first-order valence-corrected chi connectivity index (χ1v) is 5.12. The summed E-state index contributed by atoms with van der Waals surface area (Å²) in [5.74, 6) is 0.914. The summed E-state index contributed by atoms with van der Waals surface area (Å²) >= 11 is 2.30. The Morgan fingerprint density at radius 1 is 1.23 bits per heavy atom. The maximum atomic E-state index is 4.47. The maximum Gasteiger partial charge on any atom is 0.126 e. The standard InChI is InChI=1S/C10H9IN2/c1-12-9-6-5-7-3-2-4-8(11)10(7)13-9/h2-6H,1H3,(H,12,13). The van der Waals surface area contributed by atoms with E-state index in [-0.39, 0.29) is 0 Å². The number of fused-ring (bicyclic) bond motifs is 1. The number of rotatable bonds is 1. The van der Waals surface area contributed by atoms with Crippen LogP contribution in [0.15, 0.2) is 30.3 Å². The van der Waals surface area contributed by atoms with Crippen LogP contribution in [-0.2, 0) is 0 Å². The number of pyridine rings is 1. The van der Waals surface area contributed by atoms with E-state index in [0.717, 1.165) is 11.3 Å². The van der Waals surface area contributed by atoms with Crippen molar-refractivity contribution in [2.75, 3.05) is 12.4 Å². The molecule has 0 bridgehead atoms. The van der Waals surface area contributed by atoms with Gasteiger partial charge >= 0.3 is 0 Å². The largest absolute Gasteiger partial charge is 0.373 e. The lowest BCUT2D eigenvalue weighted by Gasteiger charge is -2.02. The molecule has 0 aliphatic heterocycles. The van der Waals surface area contributed by atoms with Crippen LogP contribution in [0.25, 0.3) is 10.9 Å². The lowest BCUT2D eigenvalue weighted by atomic mass is 10.2. The van der Waals surface area contributed by atoms with E-state index in [1.54, 1.807) is 0 Å². The van der Waals surface area contributed by atoms with Gasteiger partial charge in [-0.2, -0.15) is 0 Å². The Bertz CT molecular complexity index is 440. The molecule has 0 aliphatic rings. The summed E-state index contributed by atoms with van der Waals surface area (Å²) in [6, 6.07) is 10.2. The zero-order valence-corrected chi connectivity index (χ0v) is 9.37. The molecule has 0 atom stereocenters. The van der Waals surface area contributed by atoms with Crippen LogP contribution in [0, 0.1) is 3.57 Å². The monoisotopic (exact) mass is 284 g/mol. The topological polar surface area (TPSA) is 24.9 Å². The van der Waals surface area contributed by atoms with Crippen LogP contribution in [0.4, 0.5) is 5.82 Å². The van der Waals surface area contributed by atoms with Gasteiger partial charge in [0.1, 0.15) is 5.82 Å². The molecule has 1 N–H and O–H groups in total. The van der Waals surface area contributed by atoms with Crippen molar-refractivity contribution >= 4 is 39.3 Å². The van der Waals surface area contributed by atoms with Crippen LogP contribution < -0.4 is 5.32 Å². The van der Waals surface area contributed by atoms with Gasteiger partial charge in [-0.25, -0.2) is 4.98 Å². The summed E-state index contributed by atoms with van der Waals surface area (Å²) in [6.45, 7) is 0. The van der Waals surface area contributed by atoms with Crippen LogP contribution in [0.1, 0.15) is 0 Å². The maximum absolute atomic E-state index is 4.47. The van der Waals surface area contributed by atoms with Crippen molar-refractivity contribution in [3.63, 3.8) is 0 Å². The molecule has 0 unspecified atom stereocenters. The van der Waals surface area contributed by atoms with Crippen LogP contribution >= 0.6 is 22.6 Å². The fraction of sp³-hybridized carbons (Fsp3) is 0.100. The SMILES string of the molecule is CNc1ccc2cccc(I)c2n1. The summed E-state index contributed by atoms with van der Waals surface area (Å²) in [5, 5.41) is 4.22. The second kappa shape index (κ2) is 3.49. The second-order valence-electron chi connectivity index (χ2n) is 2.76. The molecule has 2 rings (SSSR count). The van der Waals surface area contributed by atoms with Gasteiger partial charge in [0.25, 0.3) is 0 Å². The summed E-state index contributed by atoms with van der Waals surface area (Å²) in [5.41, 5.74) is 1.06. The van der Waals surface area contributed by atoms with Gasteiger partial charge in [0, 0.05) is 16.0 Å². The average Bonchev–Trinajstić information content (AvgIpc) is 2.18. The fourth-order valence-electron chi connectivity index (χ4n) is 1.25. The predicted octanol–water partition coefficient (Wildman–Crippen LogP) is 2.88. The first kappa shape index (κ1) is 8.74. The molecule has 1 aromatic heterocycles. The molecule has 0 fully saturated rings. The fourth-order valence-corrected chi connectivity index (χ4v) is 1.89. The third-order valence-corrected chi connectivity index (χ3v) is 2.80. The van der Waals surface area contributed by atoms with Gasteiger partial charge in [0.2, 0.25) is 0 Å². The van der Waals surface area contributed by atoms with Gasteiger partial charge in [-0.3, -0.25) is 0 Å². The Balaban J connectivity index is 2.74. The number of nitrogens with one attached hydrogen (secondary N) is 1. The summed E-state index contributed by atoms with van der Waals surface area (Å²) in [4.78, 5) is 4.47. The van der Waals surface area contributed by atoms with E-state index >= 15 is 0 Å². The number of anilines is 1. The van der Waals surface area contributed by atoms with Crippen molar-refractivity contribution in [1.82, 2.24) is 4.98 Å². The van der Waals surface area contributed by atoms with Gasteiger partial charge in [-0.1, -0.05) is 12.1 Å². The van der Waals surface area contributed by atoms with Crippen molar-refractivity contribution in [3.05, 3.63) is 33.9 Å². The highest BCUT2D eigenvalue weighted by Crippen LogP contribution is 2.20. The molecule has 0 saturated heterocycles. The lowest BCUT2D eigenvalue weighted by molar-refractivity contribution is 1.34. The summed E-state index contributed by atoms with van der Waals surface area (Å²) in [6.07, 6.45) is 0. The number of benzene rings is 1. The molecule has 1 heterocycles. The van der Waals surface area contributed by atoms with E-state index in [2.05, 4.69) is 51.1 Å². The predicted molar refractivity (Wildman–Crippen MR) is 64.0 cm³/mol. The van der Waals surface area contributed by atoms with Gasteiger partial charge in [-0.15, -0.1) is 0 Å². The molecule has 3 heteroatoms. The number of aromatic nitrogens is 1. The van der Waals surface area contributed by atoms with Crippen molar-refractivity contribution < 1.29 is 0 Å². The minimum Gasteiger partial charge on any atom is -0.373 e. The van der Waals surface area contributed by atoms with Crippen LogP contribution in [0.2, 0.25) is 0 Å². The van der Waals surface area contributed by atoms with E-state index in [1.807, 2.05) is 19.2 Å². The molecule has 0 radical (unpaired) electrons. The molecule has 2 aromatic rings. The molecule has 0 spiro atoms. The zero-order chi connectivity index (χ0) is 9.26. The lowest BCUT2D eigenvalue weighted by Crippen LogP contribution is -1.92. The van der Waals surface area contributed by atoms with Crippen LogP contribution in [-0.4, -0.2) is 12.0 Å². The van der Waals surface area contributed by atoms with E-state index in [9.17, 15) is 0 Å². The average molecular weight is 284 g/mol. The highest BCUT2D eigenvalue weighted by molar-refractivity contribution is 14.1. The summed E-state index contributed by atoms with van der Waals surface area (Å²) in [7, 11) is 1.88. The quantitative estimate of drug-likeness (QED) is 0.814. The highest BCUT2D eigenvalue weighted by Gasteiger charge is 1.99. The van der Waals surface area contributed by atoms with Crippen LogP contribution in [0.5, 0.6) is 0 Å². The van der Waals surface area contributed by atoms with Crippen molar-refractivity contribution in [1.29, 1.82) is 0 Å². The Kier molecular flexibility index (Phi) is 2.35. The Hall–Kier alpha value is -0.840. The van der Waals surface area contributed by atoms with Crippen molar-refractivity contribution in [2.24, 2.45) is 0 Å². The Labute approximate surface area is 90.5 Å². The number of nitrogens with zero attached hydrogens (tertiary/aromatic N) is 1. The van der Waals surface area contributed by atoms with E-state index in [1.165, 1.54) is 8.96 Å². The van der Waals surface area contributed by atoms with E-state index in [4.69, 9.17) is 0 Å². The highest BCUT2D eigenvalue weighted by atomic mass is 127. The Morgan fingerprint density at radius 3 is 2.85 bits per heavy atom. The number of hydrogen-bond acceptors (Lipinski definition) is 2. The molecular formula is C10H9IN2.